The summed E-state index contributed by atoms with van der Waals surface area (Å²) in [7, 11) is -1.61. The summed E-state index contributed by atoms with van der Waals surface area (Å²) in [4.78, 5) is 0. The number of halogens is 2. The molecule has 0 bridgehead atoms. The van der Waals surface area contributed by atoms with Gasteiger partial charge in [-0.3, -0.25) is 0 Å². The minimum Gasteiger partial charge on any atom is -0.207 e. The summed E-state index contributed by atoms with van der Waals surface area (Å²) in [6, 6.07) is 7.22. The van der Waals surface area contributed by atoms with Crippen LogP contribution in [0.15, 0.2) is 16.6 Å². The van der Waals surface area contributed by atoms with Crippen LogP contribution in [-0.4, -0.2) is 8.07 Å². The molecule has 0 N–H and O–H groups in total. The van der Waals surface area contributed by atoms with Crippen molar-refractivity contribution < 1.29 is 4.39 Å². The molecule has 90 valence electrons. The number of benzene rings is 1. The Hall–Kier alpha value is -0.153. The minimum absolute atomic E-state index is 0.0282. The Labute approximate surface area is 107 Å². The van der Waals surface area contributed by atoms with E-state index in [0.29, 0.717) is 0 Å². The molecule has 0 spiro atoms. The standard InChI is InChI=1S/C13H20BrFSi/c1-5-16(6-2,7-3)12-9-11(14)8-10(4)13(12)15/h8-9H,5-7H2,1-4H3. The van der Waals surface area contributed by atoms with Crippen molar-refractivity contribution in [3.8, 4) is 0 Å². The van der Waals surface area contributed by atoms with Crippen LogP contribution in [0, 0.1) is 12.7 Å². The van der Waals surface area contributed by atoms with Gasteiger partial charge in [0.2, 0.25) is 0 Å². The average Bonchev–Trinajstić information content (AvgIpc) is 2.28. The molecule has 3 heteroatoms. The first-order valence-corrected chi connectivity index (χ1v) is 9.38. The lowest BCUT2D eigenvalue weighted by Crippen LogP contribution is -2.47. The van der Waals surface area contributed by atoms with Crippen LogP contribution in [0.3, 0.4) is 0 Å². The lowest BCUT2D eigenvalue weighted by atomic mass is 10.2. The second-order valence-corrected chi connectivity index (χ2v) is 10.6. The van der Waals surface area contributed by atoms with E-state index in [1.54, 1.807) is 0 Å². The van der Waals surface area contributed by atoms with Gasteiger partial charge in [-0.25, -0.2) is 4.39 Å². The topological polar surface area (TPSA) is 0 Å². The van der Waals surface area contributed by atoms with Gasteiger partial charge in [0, 0.05) is 4.47 Å². The van der Waals surface area contributed by atoms with Crippen LogP contribution in [0.4, 0.5) is 4.39 Å². The summed E-state index contributed by atoms with van der Waals surface area (Å²) in [5, 5.41) is 1.01. The first kappa shape index (κ1) is 13.9. The van der Waals surface area contributed by atoms with Crippen LogP contribution in [0.1, 0.15) is 26.3 Å². The number of hydrogen-bond acceptors (Lipinski definition) is 0. The van der Waals surface area contributed by atoms with Crippen LogP contribution in [-0.2, 0) is 0 Å². The minimum atomic E-state index is -1.61. The monoisotopic (exact) mass is 302 g/mol. The van der Waals surface area contributed by atoms with Gasteiger partial charge in [-0.1, -0.05) is 54.8 Å². The molecule has 0 amide bonds. The average molecular weight is 303 g/mol. The SMILES string of the molecule is CC[Si](CC)(CC)c1cc(Br)cc(C)c1F. The molecule has 0 radical (unpaired) electrons. The molecule has 0 aromatic heterocycles. The predicted octanol–water partition coefficient (Wildman–Crippen LogP) is 4.61. The lowest BCUT2D eigenvalue weighted by Gasteiger charge is -2.29. The van der Waals surface area contributed by atoms with Crippen molar-refractivity contribution in [3.05, 3.63) is 28.0 Å². The highest BCUT2D eigenvalue weighted by molar-refractivity contribution is 9.10. The van der Waals surface area contributed by atoms with E-state index in [2.05, 4.69) is 36.7 Å². The smallest absolute Gasteiger partial charge is 0.125 e. The second-order valence-electron chi connectivity index (χ2n) is 4.43. The summed E-state index contributed by atoms with van der Waals surface area (Å²) in [6.45, 7) is 8.46. The molecular weight excluding hydrogens is 283 g/mol. The molecule has 0 saturated heterocycles. The van der Waals surface area contributed by atoms with Gasteiger partial charge in [0.1, 0.15) is 5.82 Å². The third-order valence-electron chi connectivity index (χ3n) is 3.82. The van der Waals surface area contributed by atoms with Crippen molar-refractivity contribution in [1.29, 1.82) is 0 Å². The van der Waals surface area contributed by atoms with E-state index < -0.39 is 8.07 Å². The Bertz CT molecular complexity index is 364. The number of aryl methyl sites for hydroxylation is 1. The van der Waals surface area contributed by atoms with Crippen molar-refractivity contribution in [2.24, 2.45) is 0 Å². The highest BCUT2D eigenvalue weighted by atomic mass is 79.9. The number of hydrogen-bond donors (Lipinski definition) is 0. The molecule has 1 aromatic carbocycles. The van der Waals surface area contributed by atoms with Crippen LogP contribution in [0.25, 0.3) is 0 Å². The largest absolute Gasteiger partial charge is 0.207 e. The molecule has 0 saturated carbocycles. The van der Waals surface area contributed by atoms with E-state index >= 15 is 0 Å². The third-order valence-corrected chi connectivity index (χ3v) is 9.85. The highest BCUT2D eigenvalue weighted by Gasteiger charge is 2.32. The van der Waals surface area contributed by atoms with E-state index in [1.165, 1.54) is 0 Å². The maximum atomic E-state index is 14.3. The van der Waals surface area contributed by atoms with Crippen molar-refractivity contribution in [3.63, 3.8) is 0 Å². The van der Waals surface area contributed by atoms with Crippen molar-refractivity contribution in [2.45, 2.75) is 45.8 Å². The van der Waals surface area contributed by atoms with Gasteiger partial charge < -0.3 is 0 Å². The van der Waals surface area contributed by atoms with Crippen molar-refractivity contribution in [1.82, 2.24) is 0 Å². The van der Waals surface area contributed by atoms with Gasteiger partial charge in [0.15, 0.2) is 0 Å². The van der Waals surface area contributed by atoms with Crippen LogP contribution in [0.5, 0.6) is 0 Å². The van der Waals surface area contributed by atoms with Crippen molar-refractivity contribution in [2.75, 3.05) is 0 Å². The zero-order valence-electron chi connectivity index (χ0n) is 10.5. The van der Waals surface area contributed by atoms with Gasteiger partial charge in [0.05, 0.1) is 8.07 Å². The predicted molar refractivity (Wildman–Crippen MR) is 75.7 cm³/mol. The molecule has 0 heterocycles. The zero-order chi connectivity index (χ0) is 12.3. The molecule has 0 nitrogen and oxygen atoms in total. The molecular formula is C13H20BrFSi. The molecule has 0 aliphatic carbocycles. The molecule has 0 unspecified atom stereocenters. The first-order chi connectivity index (χ1) is 7.50. The summed E-state index contributed by atoms with van der Waals surface area (Å²) >= 11 is 3.48. The van der Waals surface area contributed by atoms with Gasteiger partial charge in [0.25, 0.3) is 0 Å². The highest BCUT2D eigenvalue weighted by Crippen LogP contribution is 2.24. The van der Waals surface area contributed by atoms with E-state index in [0.717, 1.165) is 33.4 Å². The first-order valence-electron chi connectivity index (χ1n) is 5.96. The lowest BCUT2D eigenvalue weighted by molar-refractivity contribution is 0.625. The fourth-order valence-electron chi connectivity index (χ4n) is 2.43. The van der Waals surface area contributed by atoms with Gasteiger partial charge in [-0.2, -0.15) is 0 Å². The molecule has 0 aliphatic rings. The Balaban J connectivity index is 3.40. The molecule has 0 fully saturated rings. The third kappa shape index (κ3) is 2.40. The molecule has 1 aromatic rings. The van der Waals surface area contributed by atoms with Gasteiger partial charge >= 0.3 is 0 Å². The molecule has 0 atom stereocenters. The molecule has 0 aliphatic heterocycles. The zero-order valence-corrected chi connectivity index (χ0v) is 13.1. The molecule has 1 rings (SSSR count). The maximum absolute atomic E-state index is 14.3. The normalized spacial score (nSPS) is 11.9. The van der Waals surface area contributed by atoms with E-state index in [1.807, 2.05) is 19.1 Å². The fraction of sp³-hybridized carbons (Fsp3) is 0.538. The summed E-state index contributed by atoms with van der Waals surface area (Å²) in [5.74, 6) is 0.0282. The van der Waals surface area contributed by atoms with Crippen LogP contribution in [0.2, 0.25) is 18.1 Å². The Morgan fingerprint density at radius 2 is 1.62 bits per heavy atom. The molecule has 16 heavy (non-hydrogen) atoms. The van der Waals surface area contributed by atoms with Crippen LogP contribution >= 0.6 is 15.9 Å². The van der Waals surface area contributed by atoms with Crippen molar-refractivity contribution >= 4 is 29.2 Å². The summed E-state index contributed by atoms with van der Waals surface area (Å²) in [6.07, 6.45) is 0. The van der Waals surface area contributed by atoms with Crippen LogP contribution < -0.4 is 5.19 Å². The summed E-state index contributed by atoms with van der Waals surface area (Å²) in [5.41, 5.74) is 0.761. The van der Waals surface area contributed by atoms with Gasteiger partial charge in [-0.15, -0.1) is 0 Å². The fourth-order valence-corrected chi connectivity index (χ4v) is 6.98. The Kier molecular flexibility index (Phi) is 4.74. The van der Waals surface area contributed by atoms with Gasteiger partial charge in [-0.05, 0) is 29.8 Å². The quantitative estimate of drug-likeness (QED) is 0.712. The van der Waals surface area contributed by atoms with E-state index in [4.69, 9.17) is 0 Å². The second kappa shape index (κ2) is 5.45. The van der Waals surface area contributed by atoms with E-state index in [-0.39, 0.29) is 5.82 Å². The number of rotatable bonds is 4. The van der Waals surface area contributed by atoms with E-state index in [9.17, 15) is 4.39 Å². The maximum Gasteiger partial charge on any atom is 0.125 e. The Morgan fingerprint density at radius 1 is 1.12 bits per heavy atom. The Morgan fingerprint density at radius 3 is 2.06 bits per heavy atom. The summed E-state index contributed by atoms with van der Waals surface area (Å²) < 4.78 is 15.3.